The predicted molar refractivity (Wildman–Crippen MR) is 125 cm³/mol. The summed E-state index contributed by atoms with van der Waals surface area (Å²) in [4.78, 5) is 30.4. The molecule has 0 aromatic heterocycles. The molecule has 0 unspecified atom stereocenters. The quantitative estimate of drug-likeness (QED) is 0.618. The lowest BCUT2D eigenvalue weighted by molar-refractivity contribution is -0.137. The average Bonchev–Trinajstić information content (AvgIpc) is 3.08. The van der Waals surface area contributed by atoms with Crippen LogP contribution in [0.25, 0.3) is 5.57 Å². The summed E-state index contributed by atoms with van der Waals surface area (Å²) in [5.41, 5.74) is 2.96. The maximum Gasteiger partial charge on any atom is 0.278 e. The van der Waals surface area contributed by atoms with Gasteiger partial charge in [-0.2, -0.15) is 0 Å². The molecule has 8 heteroatoms. The predicted octanol–water partition coefficient (Wildman–Crippen LogP) is 2.54. The van der Waals surface area contributed by atoms with E-state index in [1.165, 1.54) is 4.90 Å². The highest BCUT2D eigenvalue weighted by Gasteiger charge is 2.39. The van der Waals surface area contributed by atoms with Crippen LogP contribution in [-0.4, -0.2) is 75.2 Å². The highest BCUT2D eigenvalue weighted by molar-refractivity contribution is 6.36. The van der Waals surface area contributed by atoms with Crippen molar-refractivity contribution in [3.8, 4) is 11.5 Å². The lowest BCUT2D eigenvalue weighted by Gasteiger charge is -2.28. The van der Waals surface area contributed by atoms with Gasteiger partial charge < -0.3 is 19.5 Å². The summed E-state index contributed by atoms with van der Waals surface area (Å²) in [5, 5.41) is 3.18. The number of methoxy groups -OCH3 is 2. The minimum Gasteiger partial charge on any atom is -0.497 e. The number of hydrogen-bond acceptors (Lipinski definition) is 7. The van der Waals surface area contributed by atoms with Crippen molar-refractivity contribution < 1.29 is 23.8 Å². The van der Waals surface area contributed by atoms with Crippen LogP contribution in [0, 0.1) is 6.92 Å². The van der Waals surface area contributed by atoms with E-state index in [9.17, 15) is 9.59 Å². The summed E-state index contributed by atoms with van der Waals surface area (Å²) in [5.74, 6) is 0.497. The zero-order valence-corrected chi connectivity index (χ0v) is 19.2. The third kappa shape index (κ3) is 4.86. The largest absolute Gasteiger partial charge is 0.497 e. The van der Waals surface area contributed by atoms with Gasteiger partial charge in [-0.3, -0.25) is 19.4 Å². The lowest BCUT2D eigenvalue weighted by Crippen LogP contribution is -2.43. The van der Waals surface area contributed by atoms with E-state index in [2.05, 4.69) is 10.2 Å². The molecule has 2 aromatic carbocycles. The SMILES string of the molecule is COc1ccc(NC2=C(c3ccc(C)cc3)C(=O)N(CCN3CCOCC3)C2=O)c(OC)c1. The van der Waals surface area contributed by atoms with E-state index in [1.54, 1.807) is 32.4 Å². The number of nitrogens with one attached hydrogen (secondary N) is 1. The van der Waals surface area contributed by atoms with E-state index in [-0.39, 0.29) is 17.5 Å². The molecule has 8 nitrogen and oxygen atoms in total. The first-order chi connectivity index (χ1) is 16.0. The van der Waals surface area contributed by atoms with E-state index in [0.29, 0.717) is 54.6 Å². The second-order valence-electron chi connectivity index (χ2n) is 8.02. The Kier molecular flexibility index (Phi) is 6.96. The number of hydrogen-bond donors (Lipinski definition) is 1. The number of benzene rings is 2. The Hall–Kier alpha value is -3.36. The number of anilines is 1. The molecule has 0 saturated carbocycles. The monoisotopic (exact) mass is 451 g/mol. The minimum atomic E-state index is -0.346. The summed E-state index contributed by atoms with van der Waals surface area (Å²) in [7, 11) is 3.12. The second kappa shape index (κ2) is 10.1. The zero-order valence-electron chi connectivity index (χ0n) is 19.2. The molecule has 1 N–H and O–H groups in total. The first-order valence-electron chi connectivity index (χ1n) is 11.0. The van der Waals surface area contributed by atoms with Gasteiger partial charge in [0.2, 0.25) is 0 Å². The van der Waals surface area contributed by atoms with Gasteiger partial charge >= 0.3 is 0 Å². The van der Waals surface area contributed by atoms with Crippen LogP contribution in [0.3, 0.4) is 0 Å². The van der Waals surface area contributed by atoms with Gasteiger partial charge in [-0.05, 0) is 24.6 Å². The van der Waals surface area contributed by atoms with Gasteiger partial charge in [0.15, 0.2) is 0 Å². The fourth-order valence-corrected chi connectivity index (χ4v) is 3.99. The Bertz CT molecular complexity index is 1060. The van der Waals surface area contributed by atoms with Gasteiger partial charge in [0, 0.05) is 32.2 Å². The number of nitrogens with zero attached hydrogens (tertiary/aromatic N) is 2. The summed E-state index contributed by atoms with van der Waals surface area (Å²) in [6.07, 6.45) is 0. The van der Waals surface area contributed by atoms with E-state index in [0.717, 1.165) is 18.7 Å². The maximum atomic E-state index is 13.4. The Morgan fingerprint density at radius 1 is 0.939 bits per heavy atom. The van der Waals surface area contributed by atoms with Crippen LogP contribution in [0.4, 0.5) is 5.69 Å². The van der Waals surface area contributed by atoms with Crippen molar-refractivity contribution in [3.63, 3.8) is 0 Å². The van der Waals surface area contributed by atoms with Crippen molar-refractivity contribution in [2.24, 2.45) is 0 Å². The van der Waals surface area contributed by atoms with Crippen LogP contribution >= 0.6 is 0 Å². The molecule has 0 atom stereocenters. The molecule has 2 aliphatic heterocycles. The molecule has 0 radical (unpaired) electrons. The number of imide groups is 1. The van der Waals surface area contributed by atoms with Crippen LogP contribution in [0.2, 0.25) is 0 Å². The van der Waals surface area contributed by atoms with Crippen molar-refractivity contribution in [3.05, 3.63) is 59.3 Å². The summed E-state index contributed by atoms with van der Waals surface area (Å²) >= 11 is 0. The fourth-order valence-electron chi connectivity index (χ4n) is 3.99. The molecule has 0 bridgehead atoms. The van der Waals surface area contributed by atoms with E-state index in [4.69, 9.17) is 14.2 Å². The van der Waals surface area contributed by atoms with Crippen LogP contribution in [0.5, 0.6) is 11.5 Å². The van der Waals surface area contributed by atoms with Gasteiger partial charge in [0.1, 0.15) is 17.2 Å². The summed E-state index contributed by atoms with van der Waals surface area (Å²) in [6.45, 7) is 5.83. The van der Waals surface area contributed by atoms with Crippen molar-refractivity contribution in [1.82, 2.24) is 9.80 Å². The molecule has 33 heavy (non-hydrogen) atoms. The number of carbonyl (C=O) groups is 2. The molecule has 0 spiro atoms. The molecule has 1 fully saturated rings. The first kappa shape index (κ1) is 22.8. The molecule has 2 amide bonds. The van der Waals surface area contributed by atoms with Gasteiger partial charge in [-0.15, -0.1) is 0 Å². The number of amides is 2. The highest BCUT2D eigenvalue weighted by Crippen LogP contribution is 2.35. The molecule has 1 saturated heterocycles. The lowest BCUT2D eigenvalue weighted by atomic mass is 10.0. The number of ether oxygens (including phenoxy) is 3. The molecule has 2 heterocycles. The molecule has 174 valence electrons. The van der Waals surface area contributed by atoms with Gasteiger partial charge in [-0.25, -0.2) is 0 Å². The number of morpholine rings is 1. The Balaban J connectivity index is 1.65. The van der Waals surface area contributed by atoms with Crippen molar-refractivity contribution in [1.29, 1.82) is 0 Å². The van der Waals surface area contributed by atoms with Gasteiger partial charge in [0.05, 0.1) is 38.7 Å². The van der Waals surface area contributed by atoms with Crippen molar-refractivity contribution in [2.75, 3.05) is 58.9 Å². The summed E-state index contributed by atoms with van der Waals surface area (Å²) in [6, 6.07) is 12.9. The van der Waals surface area contributed by atoms with E-state index < -0.39 is 0 Å². The standard InChI is InChI=1S/C25H29N3O5/c1-17-4-6-18(7-5-17)22-23(26-20-9-8-19(31-2)16-21(20)32-3)25(30)28(24(22)29)11-10-27-12-14-33-15-13-27/h4-9,16,26H,10-15H2,1-3H3. The number of aryl methyl sites for hydroxylation is 1. The van der Waals surface area contributed by atoms with Gasteiger partial charge in [-0.1, -0.05) is 29.8 Å². The number of rotatable bonds is 8. The first-order valence-corrected chi connectivity index (χ1v) is 11.0. The molecular formula is C25H29N3O5. The Labute approximate surface area is 193 Å². The van der Waals surface area contributed by atoms with Crippen LogP contribution in [0.1, 0.15) is 11.1 Å². The number of carbonyl (C=O) groups excluding carboxylic acids is 2. The van der Waals surface area contributed by atoms with Crippen LogP contribution in [-0.2, 0) is 14.3 Å². The Morgan fingerprint density at radius 3 is 2.33 bits per heavy atom. The summed E-state index contributed by atoms with van der Waals surface area (Å²) < 4.78 is 16.1. The van der Waals surface area contributed by atoms with Crippen LogP contribution < -0.4 is 14.8 Å². The second-order valence-corrected chi connectivity index (χ2v) is 8.02. The molecular weight excluding hydrogens is 422 g/mol. The van der Waals surface area contributed by atoms with Crippen molar-refractivity contribution in [2.45, 2.75) is 6.92 Å². The average molecular weight is 452 g/mol. The molecule has 2 aromatic rings. The molecule has 4 rings (SSSR count). The fraction of sp³-hybridized carbons (Fsp3) is 0.360. The normalized spacial score (nSPS) is 17.0. The van der Waals surface area contributed by atoms with Crippen LogP contribution in [0.15, 0.2) is 48.2 Å². The molecule has 0 aliphatic carbocycles. The molecule has 2 aliphatic rings. The van der Waals surface area contributed by atoms with Crippen molar-refractivity contribution >= 4 is 23.1 Å². The minimum absolute atomic E-state index is 0.245. The maximum absolute atomic E-state index is 13.4. The topological polar surface area (TPSA) is 80.3 Å². The van der Waals surface area contributed by atoms with E-state index >= 15 is 0 Å². The third-order valence-electron chi connectivity index (χ3n) is 5.92. The van der Waals surface area contributed by atoms with Gasteiger partial charge in [0.25, 0.3) is 11.8 Å². The third-order valence-corrected chi connectivity index (χ3v) is 5.92. The smallest absolute Gasteiger partial charge is 0.278 e. The highest BCUT2D eigenvalue weighted by atomic mass is 16.5. The van der Waals surface area contributed by atoms with E-state index in [1.807, 2.05) is 31.2 Å². The Morgan fingerprint density at radius 2 is 1.67 bits per heavy atom. The zero-order chi connectivity index (χ0) is 23.4.